The van der Waals surface area contributed by atoms with Crippen molar-refractivity contribution in [3.05, 3.63) is 29.8 Å². The number of hydrogen-bond donors (Lipinski definition) is 1. The first-order chi connectivity index (χ1) is 8.83. The molecule has 1 heterocycles. The molecule has 1 unspecified atom stereocenters. The number of para-hydroxylation sites is 1. The molecule has 1 aliphatic rings. The van der Waals surface area contributed by atoms with E-state index >= 15 is 0 Å². The van der Waals surface area contributed by atoms with Crippen molar-refractivity contribution in [3.8, 4) is 0 Å². The maximum atomic E-state index is 11.9. The zero-order chi connectivity index (χ0) is 12.8. The lowest BCUT2D eigenvalue weighted by Crippen LogP contribution is -2.19. The van der Waals surface area contributed by atoms with Crippen LogP contribution in [0.25, 0.3) is 0 Å². The molecule has 4 nitrogen and oxygen atoms in total. The summed E-state index contributed by atoms with van der Waals surface area (Å²) in [5.74, 6) is -0.361. The van der Waals surface area contributed by atoms with Crippen molar-refractivity contribution >= 4 is 11.7 Å². The van der Waals surface area contributed by atoms with E-state index in [1.807, 2.05) is 31.2 Å². The molecule has 0 bridgehead atoms. The molecule has 0 spiro atoms. The molecule has 2 rings (SSSR count). The van der Waals surface area contributed by atoms with E-state index in [0.717, 1.165) is 17.7 Å². The van der Waals surface area contributed by atoms with Crippen molar-refractivity contribution in [1.29, 1.82) is 0 Å². The van der Waals surface area contributed by atoms with Crippen LogP contribution in [0.2, 0.25) is 0 Å². The number of anilines is 1. The molecule has 18 heavy (non-hydrogen) atoms. The van der Waals surface area contributed by atoms with Gasteiger partial charge in [0.05, 0.1) is 6.61 Å². The number of nitrogens with one attached hydrogen (secondary N) is 1. The molecule has 0 amide bonds. The predicted molar refractivity (Wildman–Crippen MR) is 69.7 cm³/mol. The Bertz CT molecular complexity index is 406. The zero-order valence-corrected chi connectivity index (χ0v) is 10.6. The van der Waals surface area contributed by atoms with Gasteiger partial charge in [0.2, 0.25) is 0 Å². The van der Waals surface area contributed by atoms with Crippen LogP contribution in [0.4, 0.5) is 5.69 Å². The summed E-state index contributed by atoms with van der Waals surface area (Å²) in [7, 11) is 0. The lowest BCUT2D eigenvalue weighted by atomic mass is 10.0. The summed E-state index contributed by atoms with van der Waals surface area (Å²) in [6, 6.07) is 7.84. The SMILES string of the molecule is CCCOCCOC(=O)C1CNc2ccccc21. The van der Waals surface area contributed by atoms with Crippen LogP contribution in [0.5, 0.6) is 0 Å². The highest BCUT2D eigenvalue weighted by Gasteiger charge is 2.29. The summed E-state index contributed by atoms with van der Waals surface area (Å²) in [6.07, 6.45) is 0.980. The predicted octanol–water partition coefficient (Wildman–Crippen LogP) is 2.17. The number of rotatable bonds is 6. The summed E-state index contributed by atoms with van der Waals surface area (Å²) >= 11 is 0. The quantitative estimate of drug-likeness (QED) is 0.620. The number of benzene rings is 1. The molecule has 0 fully saturated rings. The molecule has 0 saturated heterocycles. The summed E-state index contributed by atoms with van der Waals surface area (Å²) in [6.45, 7) is 4.19. The van der Waals surface area contributed by atoms with Crippen LogP contribution < -0.4 is 5.32 Å². The summed E-state index contributed by atoms with van der Waals surface area (Å²) < 4.78 is 10.5. The lowest BCUT2D eigenvalue weighted by Gasteiger charge is -2.10. The molecule has 0 radical (unpaired) electrons. The molecule has 1 aromatic rings. The number of esters is 1. The Balaban J connectivity index is 1.80. The van der Waals surface area contributed by atoms with E-state index in [2.05, 4.69) is 5.32 Å². The number of carbonyl (C=O) groups is 1. The van der Waals surface area contributed by atoms with Crippen LogP contribution in [-0.2, 0) is 14.3 Å². The van der Waals surface area contributed by atoms with Gasteiger partial charge in [0.25, 0.3) is 0 Å². The van der Waals surface area contributed by atoms with Gasteiger partial charge < -0.3 is 14.8 Å². The summed E-state index contributed by atoms with van der Waals surface area (Å²) in [5.41, 5.74) is 2.05. The van der Waals surface area contributed by atoms with Gasteiger partial charge in [0.15, 0.2) is 0 Å². The molecule has 4 heteroatoms. The first kappa shape index (κ1) is 12.9. The van der Waals surface area contributed by atoms with Crippen LogP contribution in [-0.4, -0.2) is 32.3 Å². The number of ether oxygens (including phenoxy) is 2. The Hall–Kier alpha value is -1.55. The van der Waals surface area contributed by atoms with Crippen LogP contribution in [0.15, 0.2) is 24.3 Å². The Morgan fingerprint density at radius 3 is 3.00 bits per heavy atom. The smallest absolute Gasteiger partial charge is 0.315 e. The van der Waals surface area contributed by atoms with Crippen LogP contribution in [0, 0.1) is 0 Å². The molecule has 1 aromatic carbocycles. The standard InChI is InChI=1S/C14H19NO3/c1-2-7-17-8-9-18-14(16)12-10-15-13-6-4-3-5-11(12)13/h3-6,12,15H,2,7-10H2,1H3. The van der Waals surface area contributed by atoms with Gasteiger partial charge in [-0.05, 0) is 18.1 Å². The monoisotopic (exact) mass is 249 g/mol. The first-order valence-electron chi connectivity index (χ1n) is 6.40. The number of carbonyl (C=O) groups excluding carboxylic acids is 1. The van der Waals surface area contributed by atoms with Gasteiger partial charge in [-0.15, -0.1) is 0 Å². The maximum absolute atomic E-state index is 11.9. The molecule has 1 N–H and O–H groups in total. The van der Waals surface area contributed by atoms with Gasteiger partial charge in [0.1, 0.15) is 12.5 Å². The molecule has 0 aliphatic carbocycles. The highest BCUT2D eigenvalue weighted by Crippen LogP contribution is 2.31. The lowest BCUT2D eigenvalue weighted by molar-refractivity contribution is -0.146. The fraction of sp³-hybridized carbons (Fsp3) is 0.500. The fourth-order valence-corrected chi connectivity index (χ4v) is 2.04. The Kier molecular flexibility index (Phi) is 4.59. The molecule has 0 aromatic heterocycles. The zero-order valence-electron chi connectivity index (χ0n) is 10.6. The van der Waals surface area contributed by atoms with Crippen molar-refractivity contribution < 1.29 is 14.3 Å². The third kappa shape index (κ3) is 3.01. The second-order valence-electron chi connectivity index (χ2n) is 4.30. The van der Waals surface area contributed by atoms with Crippen molar-refractivity contribution in [2.75, 3.05) is 31.7 Å². The van der Waals surface area contributed by atoms with E-state index < -0.39 is 0 Å². The van der Waals surface area contributed by atoms with E-state index in [1.165, 1.54) is 0 Å². The molecule has 98 valence electrons. The maximum Gasteiger partial charge on any atom is 0.315 e. The van der Waals surface area contributed by atoms with Crippen LogP contribution in [0.1, 0.15) is 24.8 Å². The second kappa shape index (κ2) is 6.40. The van der Waals surface area contributed by atoms with Gasteiger partial charge in [-0.1, -0.05) is 25.1 Å². The van der Waals surface area contributed by atoms with Crippen LogP contribution in [0.3, 0.4) is 0 Å². The van der Waals surface area contributed by atoms with Crippen LogP contribution >= 0.6 is 0 Å². The van der Waals surface area contributed by atoms with E-state index in [0.29, 0.717) is 26.4 Å². The molecule has 1 aliphatic heterocycles. The minimum absolute atomic E-state index is 0.174. The third-order valence-corrected chi connectivity index (χ3v) is 2.94. The van der Waals surface area contributed by atoms with E-state index in [-0.39, 0.29) is 11.9 Å². The third-order valence-electron chi connectivity index (χ3n) is 2.94. The second-order valence-corrected chi connectivity index (χ2v) is 4.30. The van der Waals surface area contributed by atoms with Gasteiger partial charge in [-0.25, -0.2) is 0 Å². The summed E-state index contributed by atoms with van der Waals surface area (Å²) in [4.78, 5) is 11.9. The average molecular weight is 249 g/mol. The van der Waals surface area contributed by atoms with E-state index in [4.69, 9.17) is 9.47 Å². The highest BCUT2D eigenvalue weighted by atomic mass is 16.6. The highest BCUT2D eigenvalue weighted by molar-refractivity contribution is 5.83. The van der Waals surface area contributed by atoms with E-state index in [1.54, 1.807) is 0 Å². The Morgan fingerprint density at radius 2 is 2.17 bits per heavy atom. The van der Waals surface area contributed by atoms with Crippen molar-refractivity contribution in [3.63, 3.8) is 0 Å². The Labute approximate surface area is 107 Å². The topological polar surface area (TPSA) is 47.6 Å². The van der Waals surface area contributed by atoms with Gasteiger partial charge in [-0.2, -0.15) is 0 Å². The minimum Gasteiger partial charge on any atom is -0.463 e. The average Bonchev–Trinajstić information content (AvgIpc) is 2.82. The Morgan fingerprint density at radius 1 is 1.33 bits per heavy atom. The molecular formula is C14H19NO3. The molecule has 1 atom stereocenters. The van der Waals surface area contributed by atoms with Gasteiger partial charge in [0, 0.05) is 18.8 Å². The normalized spacial score (nSPS) is 17.1. The van der Waals surface area contributed by atoms with Crippen molar-refractivity contribution in [1.82, 2.24) is 0 Å². The van der Waals surface area contributed by atoms with Gasteiger partial charge in [-0.3, -0.25) is 4.79 Å². The molecule has 0 saturated carbocycles. The number of hydrogen-bond acceptors (Lipinski definition) is 4. The largest absolute Gasteiger partial charge is 0.463 e. The van der Waals surface area contributed by atoms with E-state index in [9.17, 15) is 4.79 Å². The number of fused-ring (bicyclic) bond motifs is 1. The van der Waals surface area contributed by atoms with Crippen molar-refractivity contribution in [2.24, 2.45) is 0 Å². The fourth-order valence-electron chi connectivity index (χ4n) is 2.04. The summed E-state index contributed by atoms with van der Waals surface area (Å²) in [5, 5.41) is 3.21. The minimum atomic E-state index is -0.188. The molecular weight excluding hydrogens is 230 g/mol. The van der Waals surface area contributed by atoms with Gasteiger partial charge >= 0.3 is 5.97 Å². The first-order valence-corrected chi connectivity index (χ1v) is 6.40. The van der Waals surface area contributed by atoms with Crippen molar-refractivity contribution in [2.45, 2.75) is 19.3 Å².